The first kappa shape index (κ1) is 18.1. The van der Waals surface area contributed by atoms with E-state index >= 15 is 0 Å². The van der Waals surface area contributed by atoms with Crippen molar-refractivity contribution in [2.75, 3.05) is 6.61 Å². The lowest BCUT2D eigenvalue weighted by Gasteiger charge is -2.09. The highest BCUT2D eigenvalue weighted by atomic mass is 32.1. The van der Waals surface area contributed by atoms with Crippen molar-refractivity contribution in [2.45, 2.75) is 20.5 Å². The maximum absolute atomic E-state index is 12.3. The molecular formula is C19H21N3O3S. The monoisotopic (exact) mass is 371 g/mol. The lowest BCUT2D eigenvalue weighted by molar-refractivity contribution is 0.0468. The van der Waals surface area contributed by atoms with E-state index in [2.05, 4.69) is 23.9 Å². The molecule has 0 unspecified atom stereocenters. The average Bonchev–Trinajstić information content (AvgIpc) is 3.27. The number of carbonyl (C=O) groups excluding carboxylic acids is 1. The molecule has 3 rings (SSSR count). The van der Waals surface area contributed by atoms with Gasteiger partial charge >= 0.3 is 5.97 Å². The number of carbonyl (C=O) groups is 1. The molecule has 0 saturated carbocycles. The molecule has 0 aliphatic carbocycles. The number of rotatable bonds is 7. The summed E-state index contributed by atoms with van der Waals surface area (Å²) in [5.41, 5.74) is 2.13. The van der Waals surface area contributed by atoms with Crippen LogP contribution in [0.2, 0.25) is 0 Å². The van der Waals surface area contributed by atoms with Gasteiger partial charge in [0.15, 0.2) is 0 Å². The summed E-state index contributed by atoms with van der Waals surface area (Å²) < 4.78 is 12.8. The molecule has 2 heterocycles. The van der Waals surface area contributed by atoms with Gasteiger partial charge in [0.25, 0.3) is 0 Å². The Bertz CT molecular complexity index is 886. The highest BCUT2D eigenvalue weighted by molar-refractivity contribution is 7.13. The van der Waals surface area contributed by atoms with E-state index in [0.717, 1.165) is 16.3 Å². The van der Waals surface area contributed by atoms with Gasteiger partial charge in [-0.1, -0.05) is 19.9 Å². The standard InChI is InChI=1S/C19H21N3O3S/c1-13(2)10-24-17-6-4-5-14(7-17)19(23)25-11-16-12-26-18(21-16)15-8-20-22(3)9-15/h4-9,12-13H,10-11H2,1-3H3. The van der Waals surface area contributed by atoms with Crippen molar-refractivity contribution in [1.29, 1.82) is 0 Å². The number of benzene rings is 1. The zero-order valence-electron chi connectivity index (χ0n) is 15.0. The molecule has 6 nitrogen and oxygen atoms in total. The van der Waals surface area contributed by atoms with Crippen molar-refractivity contribution >= 4 is 17.3 Å². The number of hydrogen-bond acceptors (Lipinski definition) is 6. The molecule has 0 N–H and O–H groups in total. The Labute approximate surface area is 156 Å². The smallest absolute Gasteiger partial charge is 0.338 e. The number of aromatic nitrogens is 3. The summed E-state index contributed by atoms with van der Waals surface area (Å²) in [7, 11) is 1.86. The largest absolute Gasteiger partial charge is 0.493 e. The molecule has 0 atom stereocenters. The Kier molecular flexibility index (Phi) is 5.68. The minimum atomic E-state index is -0.393. The van der Waals surface area contributed by atoms with Crippen LogP contribution in [0.25, 0.3) is 10.6 Å². The van der Waals surface area contributed by atoms with Crippen LogP contribution in [0.5, 0.6) is 5.75 Å². The maximum Gasteiger partial charge on any atom is 0.338 e. The van der Waals surface area contributed by atoms with Gasteiger partial charge in [0.1, 0.15) is 17.4 Å². The lowest BCUT2D eigenvalue weighted by Crippen LogP contribution is -2.07. The molecule has 0 bridgehead atoms. The van der Waals surface area contributed by atoms with E-state index in [4.69, 9.17) is 9.47 Å². The molecular weight excluding hydrogens is 350 g/mol. The van der Waals surface area contributed by atoms with Crippen molar-refractivity contribution in [3.8, 4) is 16.3 Å². The molecule has 2 aromatic heterocycles. The molecule has 0 aliphatic rings. The molecule has 0 aliphatic heterocycles. The van der Waals surface area contributed by atoms with E-state index in [-0.39, 0.29) is 6.61 Å². The number of ether oxygens (including phenoxy) is 2. The lowest BCUT2D eigenvalue weighted by atomic mass is 10.2. The van der Waals surface area contributed by atoms with Crippen molar-refractivity contribution in [3.63, 3.8) is 0 Å². The Morgan fingerprint density at radius 3 is 2.92 bits per heavy atom. The third-order valence-electron chi connectivity index (χ3n) is 3.51. The normalized spacial score (nSPS) is 10.9. The van der Waals surface area contributed by atoms with Gasteiger partial charge in [0, 0.05) is 24.2 Å². The maximum atomic E-state index is 12.3. The quantitative estimate of drug-likeness (QED) is 0.589. The predicted molar refractivity (Wildman–Crippen MR) is 100 cm³/mol. The van der Waals surface area contributed by atoms with Crippen molar-refractivity contribution < 1.29 is 14.3 Å². The fourth-order valence-electron chi connectivity index (χ4n) is 2.24. The molecule has 0 radical (unpaired) electrons. The Balaban J connectivity index is 1.59. The number of aryl methyl sites for hydroxylation is 1. The molecule has 0 saturated heterocycles. The minimum Gasteiger partial charge on any atom is -0.493 e. The molecule has 0 fully saturated rings. The zero-order valence-corrected chi connectivity index (χ0v) is 15.8. The molecule has 3 aromatic rings. The van der Waals surface area contributed by atoms with Crippen LogP contribution in [0.3, 0.4) is 0 Å². The van der Waals surface area contributed by atoms with Gasteiger partial charge < -0.3 is 9.47 Å². The number of esters is 1. The first-order chi connectivity index (χ1) is 12.5. The van der Waals surface area contributed by atoms with Crippen LogP contribution in [-0.4, -0.2) is 27.3 Å². The fourth-order valence-corrected chi connectivity index (χ4v) is 3.02. The van der Waals surface area contributed by atoms with Gasteiger partial charge in [-0.2, -0.15) is 5.10 Å². The van der Waals surface area contributed by atoms with E-state index in [9.17, 15) is 4.79 Å². The van der Waals surface area contributed by atoms with Crippen LogP contribution in [0.15, 0.2) is 42.0 Å². The van der Waals surface area contributed by atoms with Crippen LogP contribution in [0.4, 0.5) is 0 Å². The highest BCUT2D eigenvalue weighted by Crippen LogP contribution is 2.23. The average molecular weight is 371 g/mol. The van der Waals surface area contributed by atoms with E-state index in [0.29, 0.717) is 23.8 Å². The fraction of sp³-hybridized carbons (Fsp3) is 0.316. The van der Waals surface area contributed by atoms with Crippen molar-refractivity contribution in [3.05, 3.63) is 53.3 Å². The van der Waals surface area contributed by atoms with Crippen molar-refractivity contribution in [1.82, 2.24) is 14.8 Å². The first-order valence-electron chi connectivity index (χ1n) is 8.34. The van der Waals surface area contributed by atoms with Crippen LogP contribution in [-0.2, 0) is 18.4 Å². The summed E-state index contributed by atoms with van der Waals surface area (Å²) >= 11 is 1.50. The molecule has 136 valence electrons. The first-order valence-corrected chi connectivity index (χ1v) is 9.22. The summed E-state index contributed by atoms with van der Waals surface area (Å²) in [5.74, 6) is 0.695. The number of nitrogens with zero attached hydrogens (tertiary/aromatic N) is 3. The van der Waals surface area contributed by atoms with Crippen LogP contribution >= 0.6 is 11.3 Å². The second-order valence-electron chi connectivity index (χ2n) is 6.36. The third kappa shape index (κ3) is 4.70. The van der Waals surface area contributed by atoms with E-state index in [1.165, 1.54) is 11.3 Å². The SMILES string of the molecule is CC(C)COc1cccc(C(=O)OCc2csc(-c3cnn(C)c3)n2)c1. The number of thiazole rings is 1. The van der Waals surface area contributed by atoms with Gasteiger partial charge in [-0.25, -0.2) is 9.78 Å². The van der Waals surface area contributed by atoms with E-state index < -0.39 is 5.97 Å². The highest BCUT2D eigenvalue weighted by Gasteiger charge is 2.12. The van der Waals surface area contributed by atoms with E-state index in [1.54, 1.807) is 29.1 Å². The summed E-state index contributed by atoms with van der Waals surface area (Å²) in [6.07, 6.45) is 3.66. The second-order valence-corrected chi connectivity index (χ2v) is 7.21. The zero-order chi connectivity index (χ0) is 18.5. The van der Waals surface area contributed by atoms with Gasteiger partial charge in [0.2, 0.25) is 0 Å². The van der Waals surface area contributed by atoms with Gasteiger partial charge in [-0.05, 0) is 24.1 Å². The van der Waals surface area contributed by atoms with Gasteiger partial charge in [-0.3, -0.25) is 4.68 Å². The number of hydrogen-bond donors (Lipinski definition) is 0. The summed E-state index contributed by atoms with van der Waals surface area (Å²) in [5, 5.41) is 6.88. The topological polar surface area (TPSA) is 66.2 Å². The second kappa shape index (κ2) is 8.14. The summed E-state index contributed by atoms with van der Waals surface area (Å²) in [4.78, 5) is 16.8. The Morgan fingerprint density at radius 1 is 1.35 bits per heavy atom. The molecule has 7 heteroatoms. The van der Waals surface area contributed by atoms with Gasteiger partial charge in [0.05, 0.1) is 24.1 Å². The molecule has 26 heavy (non-hydrogen) atoms. The Hall–Kier alpha value is -2.67. The predicted octanol–water partition coefficient (Wildman–Crippen LogP) is 3.94. The molecule has 0 amide bonds. The van der Waals surface area contributed by atoms with E-state index in [1.807, 2.05) is 24.7 Å². The Morgan fingerprint density at radius 2 is 2.19 bits per heavy atom. The summed E-state index contributed by atoms with van der Waals surface area (Å²) in [6.45, 7) is 4.89. The minimum absolute atomic E-state index is 0.132. The van der Waals surface area contributed by atoms with Gasteiger partial charge in [-0.15, -0.1) is 11.3 Å². The summed E-state index contributed by atoms with van der Waals surface area (Å²) in [6, 6.07) is 7.04. The third-order valence-corrected chi connectivity index (χ3v) is 4.45. The molecule has 1 aromatic carbocycles. The molecule has 0 spiro atoms. The van der Waals surface area contributed by atoms with Crippen LogP contribution in [0, 0.1) is 5.92 Å². The van der Waals surface area contributed by atoms with Crippen molar-refractivity contribution in [2.24, 2.45) is 13.0 Å². The van der Waals surface area contributed by atoms with Crippen LogP contribution in [0.1, 0.15) is 29.9 Å². The van der Waals surface area contributed by atoms with Crippen LogP contribution < -0.4 is 4.74 Å².